The number of benzene rings is 2. The zero-order valence-electron chi connectivity index (χ0n) is 13.7. The second-order valence-corrected chi connectivity index (χ2v) is 5.63. The maximum absolute atomic E-state index is 12.5. The number of anilines is 1. The van der Waals surface area contributed by atoms with Crippen LogP contribution >= 0.6 is 0 Å². The van der Waals surface area contributed by atoms with Gasteiger partial charge in [0.1, 0.15) is 5.75 Å². The molecule has 1 aliphatic rings. The van der Waals surface area contributed by atoms with Crippen LogP contribution in [0.5, 0.6) is 5.75 Å². The van der Waals surface area contributed by atoms with Gasteiger partial charge in [0, 0.05) is 12.1 Å². The van der Waals surface area contributed by atoms with E-state index in [1.165, 1.54) is 12.1 Å². The Bertz CT molecular complexity index is 815. The van der Waals surface area contributed by atoms with Crippen molar-refractivity contribution in [3.63, 3.8) is 0 Å². The molecule has 0 radical (unpaired) electrons. The molecule has 0 aliphatic carbocycles. The minimum absolute atomic E-state index is 0.254. The number of oxime groups is 1. The monoisotopic (exact) mass is 364 g/mol. The molecule has 1 amide bonds. The third-order valence-electron chi connectivity index (χ3n) is 3.86. The van der Waals surface area contributed by atoms with E-state index in [0.717, 1.165) is 17.7 Å². The fourth-order valence-electron chi connectivity index (χ4n) is 2.44. The second kappa shape index (κ2) is 7.07. The number of alkyl halides is 3. The standard InChI is InChI=1S/C18H15F3N2O3/c1-25-14-8-2-11(3-9-14)15-10-16(26-23-15)17(24)22-13-6-4-12(5-7-13)18(19,20)21/h2-9,16H,10H2,1H3,(H,22,24). The van der Waals surface area contributed by atoms with E-state index in [2.05, 4.69) is 10.5 Å². The van der Waals surface area contributed by atoms with Crippen LogP contribution in [0.25, 0.3) is 0 Å². The number of nitrogens with zero attached hydrogens (tertiary/aromatic N) is 1. The van der Waals surface area contributed by atoms with Crippen molar-refractivity contribution in [3.05, 3.63) is 59.7 Å². The minimum atomic E-state index is -4.42. The zero-order valence-corrected chi connectivity index (χ0v) is 13.7. The van der Waals surface area contributed by atoms with Gasteiger partial charge in [0.05, 0.1) is 18.4 Å². The maximum atomic E-state index is 12.5. The van der Waals surface area contributed by atoms with E-state index < -0.39 is 23.8 Å². The molecule has 0 saturated carbocycles. The lowest BCUT2D eigenvalue weighted by atomic mass is 10.0. The van der Waals surface area contributed by atoms with Gasteiger partial charge in [-0.05, 0) is 54.1 Å². The first-order valence-corrected chi connectivity index (χ1v) is 7.72. The van der Waals surface area contributed by atoms with Crippen LogP contribution in [-0.4, -0.2) is 24.8 Å². The normalized spacial score (nSPS) is 16.6. The molecule has 2 aromatic carbocycles. The van der Waals surface area contributed by atoms with E-state index in [1.807, 2.05) is 0 Å². The molecule has 0 saturated heterocycles. The van der Waals surface area contributed by atoms with Crippen LogP contribution in [-0.2, 0) is 15.8 Å². The van der Waals surface area contributed by atoms with E-state index >= 15 is 0 Å². The van der Waals surface area contributed by atoms with E-state index in [1.54, 1.807) is 31.4 Å². The Morgan fingerprint density at radius 3 is 2.38 bits per heavy atom. The molecule has 1 aliphatic heterocycles. The number of carbonyl (C=O) groups excluding carboxylic acids is 1. The summed E-state index contributed by atoms with van der Waals surface area (Å²) in [6.07, 6.45) is -4.99. The summed E-state index contributed by atoms with van der Waals surface area (Å²) in [7, 11) is 1.56. The Hall–Kier alpha value is -3.03. The van der Waals surface area contributed by atoms with Crippen LogP contribution in [0.4, 0.5) is 18.9 Å². The summed E-state index contributed by atoms with van der Waals surface area (Å²) in [4.78, 5) is 17.4. The van der Waals surface area contributed by atoms with Crippen molar-refractivity contribution in [1.29, 1.82) is 0 Å². The molecule has 2 aromatic rings. The number of hydrogen-bond acceptors (Lipinski definition) is 4. The van der Waals surface area contributed by atoms with Crippen LogP contribution in [0.3, 0.4) is 0 Å². The number of methoxy groups -OCH3 is 1. The third-order valence-corrected chi connectivity index (χ3v) is 3.86. The molecule has 26 heavy (non-hydrogen) atoms. The molecule has 136 valence electrons. The Morgan fingerprint density at radius 2 is 1.81 bits per heavy atom. The summed E-state index contributed by atoms with van der Waals surface area (Å²) in [6, 6.07) is 11.4. The van der Waals surface area contributed by atoms with Gasteiger partial charge in [-0.3, -0.25) is 4.79 Å². The predicted octanol–water partition coefficient (Wildman–Crippen LogP) is 3.85. The van der Waals surface area contributed by atoms with Gasteiger partial charge in [0.2, 0.25) is 6.10 Å². The van der Waals surface area contributed by atoms with Crippen LogP contribution in [0.2, 0.25) is 0 Å². The predicted molar refractivity (Wildman–Crippen MR) is 89.1 cm³/mol. The molecule has 1 atom stereocenters. The summed E-state index contributed by atoms with van der Waals surface area (Å²) in [5.74, 6) is 0.224. The summed E-state index contributed by atoms with van der Waals surface area (Å²) < 4.78 is 42.7. The molecule has 1 unspecified atom stereocenters. The molecular weight excluding hydrogens is 349 g/mol. The van der Waals surface area contributed by atoms with E-state index in [4.69, 9.17) is 9.57 Å². The zero-order chi connectivity index (χ0) is 18.7. The molecule has 1 N–H and O–H groups in total. The quantitative estimate of drug-likeness (QED) is 0.897. The third kappa shape index (κ3) is 3.96. The first kappa shape index (κ1) is 17.8. The summed E-state index contributed by atoms with van der Waals surface area (Å²) in [6.45, 7) is 0. The van der Waals surface area contributed by atoms with Crippen molar-refractivity contribution < 1.29 is 27.5 Å². The summed E-state index contributed by atoms with van der Waals surface area (Å²) in [5, 5.41) is 6.45. The molecule has 1 heterocycles. The molecule has 0 spiro atoms. The van der Waals surface area contributed by atoms with Crippen LogP contribution in [0.15, 0.2) is 53.7 Å². The Labute approximate surface area is 147 Å². The topological polar surface area (TPSA) is 59.9 Å². The van der Waals surface area contributed by atoms with Gasteiger partial charge >= 0.3 is 6.18 Å². The van der Waals surface area contributed by atoms with E-state index in [0.29, 0.717) is 11.5 Å². The number of ether oxygens (including phenoxy) is 1. The maximum Gasteiger partial charge on any atom is 0.416 e. The Kier molecular flexibility index (Phi) is 4.83. The Balaban J connectivity index is 1.60. The number of carbonyl (C=O) groups is 1. The SMILES string of the molecule is COc1ccc(C2=NOC(C(=O)Nc3ccc(C(F)(F)F)cc3)C2)cc1. The molecule has 0 bridgehead atoms. The highest BCUT2D eigenvalue weighted by Crippen LogP contribution is 2.30. The molecule has 0 fully saturated rings. The van der Waals surface area contributed by atoms with Crippen molar-refractivity contribution in [1.82, 2.24) is 0 Å². The molecule has 8 heteroatoms. The van der Waals surface area contributed by atoms with Crippen molar-refractivity contribution in [3.8, 4) is 5.75 Å². The highest BCUT2D eigenvalue weighted by Gasteiger charge is 2.31. The highest BCUT2D eigenvalue weighted by molar-refractivity contribution is 6.06. The van der Waals surface area contributed by atoms with Gasteiger partial charge in [-0.1, -0.05) is 5.16 Å². The summed E-state index contributed by atoms with van der Waals surface area (Å²) >= 11 is 0. The minimum Gasteiger partial charge on any atom is -0.497 e. The average molecular weight is 364 g/mol. The fraction of sp³-hybridized carbons (Fsp3) is 0.222. The first-order chi connectivity index (χ1) is 12.4. The van der Waals surface area contributed by atoms with Crippen LogP contribution < -0.4 is 10.1 Å². The second-order valence-electron chi connectivity index (χ2n) is 5.63. The van der Waals surface area contributed by atoms with Crippen LogP contribution in [0.1, 0.15) is 17.5 Å². The molecule has 5 nitrogen and oxygen atoms in total. The van der Waals surface area contributed by atoms with Crippen molar-refractivity contribution in [2.75, 3.05) is 12.4 Å². The smallest absolute Gasteiger partial charge is 0.416 e. The highest BCUT2D eigenvalue weighted by atomic mass is 19.4. The van der Waals surface area contributed by atoms with Crippen molar-refractivity contribution >= 4 is 17.3 Å². The first-order valence-electron chi connectivity index (χ1n) is 7.72. The number of halogens is 3. The van der Waals surface area contributed by atoms with Crippen molar-refractivity contribution in [2.24, 2.45) is 5.16 Å². The van der Waals surface area contributed by atoms with Gasteiger partial charge in [-0.15, -0.1) is 0 Å². The van der Waals surface area contributed by atoms with Gasteiger partial charge in [0.25, 0.3) is 5.91 Å². The average Bonchev–Trinajstić information content (AvgIpc) is 3.12. The lowest BCUT2D eigenvalue weighted by Crippen LogP contribution is -2.28. The largest absolute Gasteiger partial charge is 0.497 e. The van der Waals surface area contributed by atoms with Gasteiger partial charge in [0.15, 0.2) is 0 Å². The van der Waals surface area contributed by atoms with Gasteiger partial charge in [-0.25, -0.2) is 0 Å². The summed E-state index contributed by atoms with van der Waals surface area (Å²) in [5.41, 5.74) is 0.887. The number of hydrogen-bond donors (Lipinski definition) is 1. The lowest BCUT2D eigenvalue weighted by Gasteiger charge is -2.11. The van der Waals surface area contributed by atoms with Crippen LogP contribution in [0, 0.1) is 0 Å². The van der Waals surface area contributed by atoms with E-state index in [-0.39, 0.29) is 12.1 Å². The van der Waals surface area contributed by atoms with Gasteiger partial charge in [-0.2, -0.15) is 13.2 Å². The Morgan fingerprint density at radius 1 is 1.15 bits per heavy atom. The lowest BCUT2D eigenvalue weighted by molar-refractivity contribution is -0.137. The van der Waals surface area contributed by atoms with E-state index in [9.17, 15) is 18.0 Å². The molecule has 3 rings (SSSR count). The number of rotatable bonds is 4. The van der Waals surface area contributed by atoms with Crippen molar-refractivity contribution in [2.45, 2.75) is 18.7 Å². The molecule has 0 aromatic heterocycles. The molecular formula is C18H15F3N2O3. The number of amides is 1. The van der Waals surface area contributed by atoms with Gasteiger partial charge < -0.3 is 14.9 Å². The number of nitrogens with one attached hydrogen (secondary N) is 1. The fourth-order valence-corrected chi connectivity index (χ4v) is 2.44.